The lowest BCUT2D eigenvalue weighted by Gasteiger charge is -2.24. The maximum atomic E-state index is 14.1. The minimum absolute atomic E-state index is 0.00993. The summed E-state index contributed by atoms with van der Waals surface area (Å²) in [5.74, 6) is -0.247. The Labute approximate surface area is 120 Å². The van der Waals surface area contributed by atoms with Crippen LogP contribution in [0.3, 0.4) is 0 Å². The van der Waals surface area contributed by atoms with E-state index in [1.165, 1.54) is 6.07 Å². The van der Waals surface area contributed by atoms with E-state index in [4.69, 9.17) is 0 Å². The largest absolute Gasteiger partial charge is 0.316 e. The SMILES string of the molecule is CC1(c2cncn2-c2ccc(Br)cc2F)CCNC1. The molecule has 0 spiro atoms. The summed E-state index contributed by atoms with van der Waals surface area (Å²) in [4.78, 5) is 4.21. The molecule has 0 aliphatic carbocycles. The van der Waals surface area contributed by atoms with E-state index >= 15 is 0 Å². The van der Waals surface area contributed by atoms with Crippen LogP contribution in [0.25, 0.3) is 5.69 Å². The number of hydrogen-bond acceptors (Lipinski definition) is 2. The molecule has 1 aliphatic heterocycles. The van der Waals surface area contributed by atoms with E-state index in [-0.39, 0.29) is 11.2 Å². The maximum absolute atomic E-state index is 14.1. The van der Waals surface area contributed by atoms with Gasteiger partial charge in [-0.3, -0.25) is 4.57 Å². The molecule has 1 aromatic heterocycles. The summed E-state index contributed by atoms with van der Waals surface area (Å²) in [5, 5.41) is 3.36. The Kier molecular flexibility index (Phi) is 3.19. The predicted octanol–water partition coefficient (Wildman–Crippen LogP) is 3.02. The molecule has 0 bridgehead atoms. The van der Waals surface area contributed by atoms with Gasteiger partial charge in [-0.2, -0.15) is 0 Å². The molecular weight excluding hydrogens is 309 g/mol. The van der Waals surface area contributed by atoms with Crippen LogP contribution in [0.2, 0.25) is 0 Å². The summed E-state index contributed by atoms with van der Waals surface area (Å²) < 4.78 is 16.7. The third kappa shape index (κ3) is 2.21. The minimum atomic E-state index is -0.247. The number of nitrogens with zero attached hydrogens (tertiary/aromatic N) is 2. The molecule has 2 aromatic rings. The zero-order valence-corrected chi connectivity index (χ0v) is 12.2. The molecule has 1 N–H and O–H groups in total. The number of nitrogens with one attached hydrogen (secondary N) is 1. The summed E-state index contributed by atoms with van der Waals surface area (Å²) in [6.45, 7) is 4.08. The van der Waals surface area contributed by atoms with E-state index in [9.17, 15) is 4.39 Å². The Morgan fingerprint density at radius 2 is 2.32 bits per heavy atom. The number of halogens is 2. The van der Waals surface area contributed by atoms with Gasteiger partial charge in [-0.15, -0.1) is 0 Å². The van der Waals surface area contributed by atoms with Crippen LogP contribution in [-0.2, 0) is 5.41 Å². The first-order chi connectivity index (χ1) is 9.10. The molecule has 1 fully saturated rings. The molecule has 2 heterocycles. The van der Waals surface area contributed by atoms with E-state index in [1.807, 2.05) is 16.8 Å². The van der Waals surface area contributed by atoms with E-state index in [1.54, 1.807) is 12.4 Å². The van der Waals surface area contributed by atoms with Crippen molar-refractivity contribution < 1.29 is 4.39 Å². The molecule has 3 nitrogen and oxygen atoms in total. The highest BCUT2D eigenvalue weighted by atomic mass is 79.9. The van der Waals surface area contributed by atoms with Crippen molar-refractivity contribution in [3.8, 4) is 5.69 Å². The van der Waals surface area contributed by atoms with E-state index in [0.717, 1.165) is 29.7 Å². The van der Waals surface area contributed by atoms with Gasteiger partial charge in [0.05, 0.1) is 12.0 Å². The van der Waals surface area contributed by atoms with Gasteiger partial charge in [-0.05, 0) is 31.2 Å². The quantitative estimate of drug-likeness (QED) is 0.920. The molecule has 0 saturated carbocycles. The van der Waals surface area contributed by atoms with E-state index in [2.05, 4.69) is 33.2 Å². The lowest BCUT2D eigenvalue weighted by molar-refractivity contribution is 0.495. The van der Waals surface area contributed by atoms with Crippen molar-refractivity contribution in [2.75, 3.05) is 13.1 Å². The highest BCUT2D eigenvalue weighted by molar-refractivity contribution is 9.10. The van der Waals surface area contributed by atoms with Gasteiger partial charge in [-0.1, -0.05) is 22.9 Å². The van der Waals surface area contributed by atoms with Crippen LogP contribution < -0.4 is 5.32 Å². The molecule has 0 amide bonds. The van der Waals surface area contributed by atoms with Crippen LogP contribution in [0, 0.1) is 5.82 Å². The maximum Gasteiger partial charge on any atom is 0.148 e. The lowest BCUT2D eigenvalue weighted by atomic mass is 9.86. The predicted molar refractivity (Wildman–Crippen MR) is 76.1 cm³/mol. The number of imidazole rings is 1. The second kappa shape index (κ2) is 4.72. The van der Waals surface area contributed by atoms with Crippen LogP contribution in [0.15, 0.2) is 35.2 Å². The third-order valence-electron chi connectivity index (χ3n) is 3.79. The second-order valence-electron chi connectivity index (χ2n) is 5.23. The molecule has 1 atom stereocenters. The highest BCUT2D eigenvalue weighted by Gasteiger charge is 2.33. The molecule has 19 heavy (non-hydrogen) atoms. The van der Waals surface area contributed by atoms with Crippen molar-refractivity contribution >= 4 is 15.9 Å². The average Bonchev–Trinajstić information content (AvgIpc) is 2.98. The number of aromatic nitrogens is 2. The Hall–Kier alpha value is -1.20. The van der Waals surface area contributed by atoms with E-state index < -0.39 is 0 Å². The van der Waals surface area contributed by atoms with Crippen LogP contribution >= 0.6 is 15.9 Å². The van der Waals surface area contributed by atoms with Gasteiger partial charge in [0.15, 0.2) is 0 Å². The summed E-state index contributed by atoms with van der Waals surface area (Å²) in [5.41, 5.74) is 1.61. The standard InChI is InChI=1S/C14H15BrFN3/c1-14(4-5-17-8-14)13-7-18-9-19(13)12-3-2-10(15)6-11(12)16/h2-3,6-7,9,17H,4-5,8H2,1H3. The van der Waals surface area contributed by atoms with Gasteiger partial charge >= 0.3 is 0 Å². The lowest BCUT2D eigenvalue weighted by Crippen LogP contribution is -2.27. The first kappa shape index (κ1) is 12.8. The van der Waals surface area contributed by atoms with Gasteiger partial charge in [0, 0.05) is 28.3 Å². The Balaban J connectivity index is 2.09. The summed E-state index contributed by atoms with van der Waals surface area (Å²) in [6.07, 6.45) is 4.57. The minimum Gasteiger partial charge on any atom is -0.316 e. The van der Waals surface area contributed by atoms with Crippen molar-refractivity contribution in [1.29, 1.82) is 0 Å². The molecular formula is C14H15BrFN3. The Morgan fingerprint density at radius 1 is 1.47 bits per heavy atom. The Morgan fingerprint density at radius 3 is 3.00 bits per heavy atom. The van der Waals surface area contributed by atoms with Gasteiger partial charge in [0.25, 0.3) is 0 Å². The van der Waals surface area contributed by atoms with Crippen LogP contribution in [-0.4, -0.2) is 22.6 Å². The topological polar surface area (TPSA) is 29.9 Å². The zero-order valence-electron chi connectivity index (χ0n) is 10.7. The zero-order chi connectivity index (χ0) is 13.5. The highest BCUT2D eigenvalue weighted by Crippen LogP contribution is 2.32. The fourth-order valence-corrected chi connectivity index (χ4v) is 2.98. The second-order valence-corrected chi connectivity index (χ2v) is 6.15. The first-order valence-electron chi connectivity index (χ1n) is 6.29. The van der Waals surface area contributed by atoms with Crippen LogP contribution in [0.5, 0.6) is 0 Å². The molecule has 100 valence electrons. The summed E-state index contributed by atoms with van der Waals surface area (Å²) in [7, 11) is 0. The fourth-order valence-electron chi connectivity index (χ4n) is 2.65. The molecule has 1 saturated heterocycles. The smallest absolute Gasteiger partial charge is 0.148 e. The van der Waals surface area contributed by atoms with Gasteiger partial charge in [0.2, 0.25) is 0 Å². The Bertz CT molecular complexity index is 602. The van der Waals surface area contributed by atoms with Crippen molar-refractivity contribution in [1.82, 2.24) is 14.9 Å². The first-order valence-corrected chi connectivity index (χ1v) is 7.08. The van der Waals surface area contributed by atoms with Gasteiger partial charge in [-0.25, -0.2) is 9.37 Å². The third-order valence-corrected chi connectivity index (χ3v) is 4.29. The van der Waals surface area contributed by atoms with Crippen LogP contribution in [0.4, 0.5) is 4.39 Å². The van der Waals surface area contributed by atoms with Crippen molar-refractivity contribution in [3.63, 3.8) is 0 Å². The molecule has 0 radical (unpaired) electrons. The normalized spacial score (nSPS) is 22.9. The van der Waals surface area contributed by atoms with Crippen molar-refractivity contribution in [2.24, 2.45) is 0 Å². The molecule has 3 rings (SSSR count). The van der Waals surface area contributed by atoms with Crippen molar-refractivity contribution in [2.45, 2.75) is 18.8 Å². The average molecular weight is 324 g/mol. The van der Waals surface area contributed by atoms with Crippen molar-refractivity contribution in [3.05, 3.63) is 46.7 Å². The fraction of sp³-hybridized carbons (Fsp3) is 0.357. The van der Waals surface area contributed by atoms with Gasteiger partial charge in [0.1, 0.15) is 5.82 Å². The monoisotopic (exact) mass is 323 g/mol. The summed E-state index contributed by atoms with van der Waals surface area (Å²) >= 11 is 3.28. The van der Waals surface area contributed by atoms with E-state index in [0.29, 0.717) is 5.69 Å². The van der Waals surface area contributed by atoms with Crippen LogP contribution in [0.1, 0.15) is 19.0 Å². The number of benzene rings is 1. The molecule has 1 unspecified atom stereocenters. The van der Waals surface area contributed by atoms with Gasteiger partial charge < -0.3 is 5.32 Å². The number of hydrogen-bond donors (Lipinski definition) is 1. The summed E-state index contributed by atoms with van der Waals surface area (Å²) in [6, 6.07) is 5.10. The molecule has 1 aliphatic rings. The molecule has 1 aromatic carbocycles. The number of rotatable bonds is 2. The molecule has 5 heteroatoms.